The summed E-state index contributed by atoms with van der Waals surface area (Å²) >= 11 is 0. The third-order valence-electron chi connectivity index (χ3n) is 4.06. The minimum Gasteiger partial charge on any atom is -0.359 e. The van der Waals surface area contributed by atoms with E-state index in [2.05, 4.69) is 20.9 Å². The molecule has 0 unspecified atom stereocenters. The number of fused-ring (bicyclic) bond motifs is 1. The molecule has 0 saturated heterocycles. The number of amides is 2. The predicted molar refractivity (Wildman–Crippen MR) is 101 cm³/mol. The number of aromatic nitrogens is 3. The summed E-state index contributed by atoms with van der Waals surface area (Å²) in [6, 6.07) is 14.0. The van der Waals surface area contributed by atoms with E-state index in [9.17, 15) is 14.4 Å². The summed E-state index contributed by atoms with van der Waals surface area (Å²) in [5, 5.41) is 13.7. The molecular formula is C19H19N5O3. The number of benzene rings is 2. The van der Waals surface area contributed by atoms with Gasteiger partial charge in [0.05, 0.1) is 18.4 Å². The lowest BCUT2D eigenvalue weighted by atomic mass is 10.1. The van der Waals surface area contributed by atoms with Crippen LogP contribution in [0.1, 0.15) is 12.0 Å². The molecule has 3 aromatic rings. The van der Waals surface area contributed by atoms with E-state index in [1.807, 2.05) is 0 Å². The minimum atomic E-state index is -0.271. The molecular weight excluding hydrogens is 346 g/mol. The lowest BCUT2D eigenvalue weighted by molar-refractivity contribution is -0.120. The second-order valence-electron chi connectivity index (χ2n) is 5.98. The fourth-order valence-electron chi connectivity index (χ4n) is 2.58. The van der Waals surface area contributed by atoms with Crippen LogP contribution >= 0.6 is 0 Å². The van der Waals surface area contributed by atoms with Crippen molar-refractivity contribution in [1.29, 1.82) is 0 Å². The molecule has 0 atom stereocenters. The first-order valence-electron chi connectivity index (χ1n) is 8.49. The molecule has 0 aliphatic carbocycles. The van der Waals surface area contributed by atoms with Gasteiger partial charge >= 0.3 is 0 Å². The van der Waals surface area contributed by atoms with E-state index in [0.717, 1.165) is 5.56 Å². The molecule has 0 fully saturated rings. The van der Waals surface area contributed by atoms with Crippen molar-refractivity contribution >= 4 is 28.4 Å². The molecule has 138 valence electrons. The topological polar surface area (TPSA) is 106 Å². The molecule has 8 heteroatoms. The number of carbonyl (C=O) groups is 2. The Morgan fingerprint density at radius 1 is 1.04 bits per heavy atom. The fourth-order valence-corrected chi connectivity index (χ4v) is 2.58. The van der Waals surface area contributed by atoms with Gasteiger partial charge < -0.3 is 10.6 Å². The normalized spacial score (nSPS) is 10.6. The third kappa shape index (κ3) is 4.55. The molecule has 3 rings (SSSR count). The number of likely N-dealkylation sites (N-methyl/N-ethyl adjacent to an activating group) is 1. The smallest absolute Gasteiger partial charge is 0.277 e. The quantitative estimate of drug-likeness (QED) is 0.681. The van der Waals surface area contributed by atoms with E-state index < -0.39 is 0 Å². The first-order chi connectivity index (χ1) is 13.1. The van der Waals surface area contributed by atoms with Gasteiger partial charge in [-0.15, -0.1) is 5.10 Å². The van der Waals surface area contributed by atoms with Crippen LogP contribution in [0.2, 0.25) is 0 Å². The van der Waals surface area contributed by atoms with Gasteiger partial charge in [-0.2, -0.15) is 0 Å². The van der Waals surface area contributed by atoms with Gasteiger partial charge in [0, 0.05) is 19.2 Å². The highest BCUT2D eigenvalue weighted by Crippen LogP contribution is 2.11. The predicted octanol–water partition coefficient (Wildman–Crippen LogP) is 1.11. The van der Waals surface area contributed by atoms with Gasteiger partial charge in [0.1, 0.15) is 5.52 Å². The van der Waals surface area contributed by atoms with Gasteiger partial charge in [-0.05, 0) is 29.8 Å². The lowest BCUT2D eigenvalue weighted by Crippen LogP contribution is -2.26. The number of carbonyl (C=O) groups excluding carboxylic acids is 2. The lowest BCUT2D eigenvalue weighted by Gasteiger charge is -2.07. The van der Waals surface area contributed by atoms with Crippen LogP contribution in [0.25, 0.3) is 10.9 Å². The Labute approximate surface area is 155 Å². The standard InChI is InChI=1S/C19H19N5O3/c1-20-18(26)12-13-6-8-14(9-7-13)21-17(25)10-11-24-19(27)15-4-2-3-5-16(15)22-23-24/h2-9H,10-12H2,1H3,(H,20,26)(H,21,25). The minimum absolute atomic E-state index is 0.0753. The van der Waals surface area contributed by atoms with Crippen molar-refractivity contribution in [1.82, 2.24) is 20.3 Å². The van der Waals surface area contributed by atoms with Gasteiger partial charge in [0.15, 0.2) is 0 Å². The van der Waals surface area contributed by atoms with E-state index >= 15 is 0 Å². The monoisotopic (exact) mass is 365 g/mol. The van der Waals surface area contributed by atoms with Crippen molar-refractivity contribution in [3.05, 3.63) is 64.4 Å². The fraction of sp³-hybridized carbons (Fsp3) is 0.211. The maximum Gasteiger partial charge on any atom is 0.277 e. The first-order valence-corrected chi connectivity index (χ1v) is 8.49. The Morgan fingerprint density at radius 3 is 2.52 bits per heavy atom. The number of anilines is 1. The molecule has 2 aromatic carbocycles. The molecule has 0 bridgehead atoms. The van der Waals surface area contributed by atoms with E-state index in [1.165, 1.54) is 4.68 Å². The SMILES string of the molecule is CNC(=O)Cc1ccc(NC(=O)CCn2nnc3ccccc3c2=O)cc1. The summed E-state index contributed by atoms with van der Waals surface area (Å²) < 4.78 is 1.19. The number of nitrogens with one attached hydrogen (secondary N) is 2. The summed E-state index contributed by atoms with van der Waals surface area (Å²) in [6.45, 7) is 0.136. The molecule has 1 aromatic heterocycles. The van der Waals surface area contributed by atoms with Gasteiger partial charge in [-0.1, -0.05) is 29.5 Å². The molecule has 0 saturated carbocycles. The highest BCUT2D eigenvalue weighted by Gasteiger charge is 2.08. The van der Waals surface area contributed by atoms with Crippen LogP contribution in [0.3, 0.4) is 0 Å². The Kier molecular flexibility index (Phi) is 5.55. The number of nitrogens with zero attached hydrogens (tertiary/aromatic N) is 3. The van der Waals surface area contributed by atoms with Crippen LogP contribution in [0, 0.1) is 0 Å². The molecule has 27 heavy (non-hydrogen) atoms. The van der Waals surface area contributed by atoms with Gasteiger partial charge in [0.2, 0.25) is 11.8 Å². The number of aryl methyl sites for hydroxylation is 1. The van der Waals surface area contributed by atoms with Crippen LogP contribution in [0.5, 0.6) is 0 Å². The molecule has 8 nitrogen and oxygen atoms in total. The zero-order chi connectivity index (χ0) is 19.2. The molecule has 0 aliphatic rings. The largest absolute Gasteiger partial charge is 0.359 e. The average molecular weight is 365 g/mol. The first kappa shape index (κ1) is 18.2. The Bertz CT molecular complexity index is 1030. The van der Waals surface area contributed by atoms with E-state index in [-0.39, 0.29) is 36.8 Å². The van der Waals surface area contributed by atoms with Gasteiger partial charge in [0.25, 0.3) is 5.56 Å². The van der Waals surface area contributed by atoms with Crippen molar-refractivity contribution in [2.75, 3.05) is 12.4 Å². The molecule has 2 N–H and O–H groups in total. The van der Waals surface area contributed by atoms with Crippen molar-refractivity contribution in [3.63, 3.8) is 0 Å². The van der Waals surface area contributed by atoms with E-state index in [1.54, 1.807) is 55.6 Å². The molecule has 0 spiro atoms. The number of rotatable bonds is 6. The summed E-state index contributed by atoms with van der Waals surface area (Å²) in [5.41, 5.74) is 1.73. The molecule has 0 radical (unpaired) electrons. The van der Waals surface area contributed by atoms with Crippen LogP contribution < -0.4 is 16.2 Å². The summed E-state index contributed by atoms with van der Waals surface area (Å²) in [6.07, 6.45) is 0.376. The summed E-state index contributed by atoms with van der Waals surface area (Å²) in [4.78, 5) is 35.8. The zero-order valence-electron chi connectivity index (χ0n) is 14.8. The zero-order valence-corrected chi connectivity index (χ0v) is 14.8. The Balaban J connectivity index is 1.59. The maximum atomic E-state index is 12.3. The average Bonchev–Trinajstić information content (AvgIpc) is 2.69. The number of hydrogen-bond acceptors (Lipinski definition) is 5. The van der Waals surface area contributed by atoms with Crippen LogP contribution in [0.4, 0.5) is 5.69 Å². The van der Waals surface area contributed by atoms with Crippen LogP contribution in [-0.2, 0) is 22.6 Å². The summed E-state index contributed by atoms with van der Waals surface area (Å²) in [7, 11) is 1.59. The highest BCUT2D eigenvalue weighted by molar-refractivity contribution is 5.90. The molecule has 2 amide bonds. The van der Waals surface area contributed by atoms with Crippen molar-refractivity contribution in [2.24, 2.45) is 0 Å². The second-order valence-corrected chi connectivity index (χ2v) is 5.98. The van der Waals surface area contributed by atoms with Gasteiger partial charge in [-0.25, -0.2) is 4.68 Å². The highest BCUT2D eigenvalue weighted by atomic mass is 16.2. The third-order valence-corrected chi connectivity index (χ3v) is 4.06. The Hall–Kier alpha value is -3.55. The van der Waals surface area contributed by atoms with E-state index in [4.69, 9.17) is 0 Å². The Morgan fingerprint density at radius 2 is 1.78 bits per heavy atom. The van der Waals surface area contributed by atoms with Crippen LogP contribution in [-0.4, -0.2) is 33.9 Å². The summed E-state index contributed by atoms with van der Waals surface area (Å²) in [5.74, 6) is -0.315. The molecule has 1 heterocycles. The maximum absolute atomic E-state index is 12.3. The van der Waals surface area contributed by atoms with E-state index in [0.29, 0.717) is 16.6 Å². The van der Waals surface area contributed by atoms with Crippen molar-refractivity contribution in [3.8, 4) is 0 Å². The van der Waals surface area contributed by atoms with Crippen LogP contribution in [0.15, 0.2) is 53.3 Å². The molecule has 0 aliphatic heterocycles. The van der Waals surface area contributed by atoms with Crippen molar-refractivity contribution < 1.29 is 9.59 Å². The van der Waals surface area contributed by atoms with Crippen molar-refractivity contribution in [2.45, 2.75) is 19.4 Å². The van der Waals surface area contributed by atoms with Gasteiger partial charge in [-0.3, -0.25) is 14.4 Å². The second kappa shape index (κ2) is 8.22. The number of hydrogen-bond donors (Lipinski definition) is 2.